The van der Waals surface area contributed by atoms with E-state index in [1.807, 2.05) is 6.07 Å². The Bertz CT molecular complexity index is 673. The molecule has 4 nitrogen and oxygen atoms in total. The molecule has 0 unspecified atom stereocenters. The summed E-state index contributed by atoms with van der Waals surface area (Å²) >= 11 is 7.59. The first-order valence-corrected chi connectivity index (χ1v) is 6.44. The molecule has 0 bridgehead atoms. The normalized spacial score (nSPS) is 11.2. The van der Waals surface area contributed by atoms with Gasteiger partial charge in [-0.05, 0) is 30.7 Å². The Labute approximate surface area is 107 Å². The topological polar surface area (TPSA) is 43.1 Å². The van der Waals surface area contributed by atoms with Gasteiger partial charge in [0, 0.05) is 4.88 Å². The molecule has 0 aliphatic carbocycles. The van der Waals surface area contributed by atoms with Crippen LogP contribution in [-0.4, -0.2) is 19.8 Å². The zero-order valence-electron chi connectivity index (χ0n) is 9.09. The van der Waals surface area contributed by atoms with E-state index in [-0.39, 0.29) is 0 Å². The number of aryl methyl sites for hydroxylation is 1. The maximum absolute atomic E-state index is 5.88. The Morgan fingerprint density at radius 1 is 1.24 bits per heavy atom. The van der Waals surface area contributed by atoms with Crippen LogP contribution in [0.25, 0.3) is 16.3 Å². The van der Waals surface area contributed by atoms with E-state index < -0.39 is 0 Å². The van der Waals surface area contributed by atoms with Gasteiger partial charge in [-0.3, -0.25) is 0 Å². The summed E-state index contributed by atoms with van der Waals surface area (Å²) in [6, 6.07) is 7.66. The van der Waals surface area contributed by atoms with E-state index in [2.05, 4.69) is 28.3 Å². The summed E-state index contributed by atoms with van der Waals surface area (Å²) < 4.78 is 1.67. The Hall–Kier alpha value is -1.46. The maximum Gasteiger partial charge on any atom is 0.195 e. The van der Waals surface area contributed by atoms with Crippen molar-refractivity contribution in [2.45, 2.75) is 13.3 Å². The standard InChI is InChI=1S/C11H9ClN4S/c1-2-7-3-4-8(17-7)11-14-13-10-6-5-9(12)15-16(10)11/h3-6H,2H2,1H3. The van der Waals surface area contributed by atoms with Crippen molar-refractivity contribution in [3.8, 4) is 10.7 Å². The van der Waals surface area contributed by atoms with Gasteiger partial charge in [0.1, 0.15) is 5.15 Å². The molecule has 0 spiro atoms. The second-order valence-corrected chi connectivity index (χ2v) is 5.12. The zero-order valence-corrected chi connectivity index (χ0v) is 10.7. The van der Waals surface area contributed by atoms with Gasteiger partial charge >= 0.3 is 0 Å². The summed E-state index contributed by atoms with van der Waals surface area (Å²) in [6.45, 7) is 2.13. The summed E-state index contributed by atoms with van der Waals surface area (Å²) in [4.78, 5) is 2.38. The van der Waals surface area contributed by atoms with Crippen LogP contribution in [0.4, 0.5) is 0 Å². The lowest BCUT2D eigenvalue weighted by molar-refractivity contribution is 0.939. The fourth-order valence-corrected chi connectivity index (χ4v) is 2.66. The highest BCUT2D eigenvalue weighted by atomic mass is 35.5. The molecule has 3 heterocycles. The van der Waals surface area contributed by atoms with Gasteiger partial charge in [-0.2, -0.15) is 9.61 Å². The smallest absolute Gasteiger partial charge is 0.190 e. The summed E-state index contributed by atoms with van der Waals surface area (Å²) in [6.07, 6.45) is 1.02. The minimum atomic E-state index is 0.436. The molecule has 3 aromatic heterocycles. The molecule has 0 fully saturated rings. The molecule has 0 atom stereocenters. The predicted molar refractivity (Wildman–Crippen MR) is 68.5 cm³/mol. The summed E-state index contributed by atoms with van der Waals surface area (Å²) in [7, 11) is 0. The van der Waals surface area contributed by atoms with Crippen molar-refractivity contribution in [2.75, 3.05) is 0 Å². The highest BCUT2D eigenvalue weighted by Gasteiger charge is 2.11. The molecule has 86 valence electrons. The van der Waals surface area contributed by atoms with Crippen LogP contribution in [0.1, 0.15) is 11.8 Å². The van der Waals surface area contributed by atoms with E-state index in [4.69, 9.17) is 11.6 Å². The molecule has 0 amide bonds. The number of hydrogen-bond donors (Lipinski definition) is 0. The molecule has 3 aromatic rings. The van der Waals surface area contributed by atoms with Crippen molar-refractivity contribution >= 4 is 28.6 Å². The van der Waals surface area contributed by atoms with Gasteiger partial charge in [-0.25, -0.2) is 0 Å². The second kappa shape index (κ2) is 4.09. The highest BCUT2D eigenvalue weighted by Crippen LogP contribution is 2.27. The van der Waals surface area contributed by atoms with Crippen molar-refractivity contribution in [1.29, 1.82) is 0 Å². The quantitative estimate of drug-likeness (QED) is 0.714. The number of hydrogen-bond acceptors (Lipinski definition) is 4. The number of thiophene rings is 1. The van der Waals surface area contributed by atoms with Crippen molar-refractivity contribution in [1.82, 2.24) is 19.8 Å². The molecule has 0 radical (unpaired) electrons. The maximum atomic E-state index is 5.88. The van der Waals surface area contributed by atoms with E-state index in [1.165, 1.54) is 4.88 Å². The molecule has 17 heavy (non-hydrogen) atoms. The van der Waals surface area contributed by atoms with Gasteiger partial charge in [-0.15, -0.1) is 21.5 Å². The summed E-state index contributed by atoms with van der Waals surface area (Å²) in [5.41, 5.74) is 0.704. The van der Waals surface area contributed by atoms with E-state index in [0.29, 0.717) is 10.8 Å². The molecular formula is C11H9ClN4S. The van der Waals surface area contributed by atoms with Gasteiger partial charge < -0.3 is 0 Å². The third-order valence-electron chi connectivity index (χ3n) is 2.46. The Balaban J connectivity index is 2.19. The van der Waals surface area contributed by atoms with Crippen LogP contribution >= 0.6 is 22.9 Å². The van der Waals surface area contributed by atoms with Crippen molar-refractivity contribution in [2.24, 2.45) is 0 Å². The van der Waals surface area contributed by atoms with Crippen LogP contribution in [0.5, 0.6) is 0 Å². The third kappa shape index (κ3) is 1.81. The largest absolute Gasteiger partial charge is 0.195 e. The number of aromatic nitrogens is 4. The molecule has 0 saturated heterocycles. The molecule has 3 rings (SSSR count). The average molecular weight is 265 g/mol. The van der Waals surface area contributed by atoms with Gasteiger partial charge in [0.25, 0.3) is 0 Å². The molecule has 0 aliphatic rings. The van der Waals surface area contributed by atoms with Gasteiger partial charge in [0.15, 0.2) is 11.5 Å². The minimum Gasteiger partial charge on any atom is -0.190 e. The first-order valence-electron chi connectivity index (χ1n) is 5.25. The first kappa shape index (κ1) is 10.7. The summed E-state index contributed by atoms with van der Waals surface area (Å²) in [5.74, 6) is 0.743. The Morgan fingerprint density at radius 3 is 2.88 bits per heavy atom. The lowest BCUT2D eigenvalue weighted by Crippen LogP contribution is -1.93. The Morgan fingerprint density at radius 2 is 2.12 bits per heavy atom. The molecule has 0 N–H and O–H groups in total. The monoisotopic (exact) mass is 264 g/mol. The lowest BCUT2D eigenvalue weighted by atomic mass is 10.3. The first-order chi connectivity index (χ1) is 8.28. The van der Waals surface area contributed by atoms with E-state index in [1.54, 1.807) is 28.0 Å². The van der Waals surface area contributed by atoms with Gasteiger partial charge in [-0.1, -0.05) is 18.5 Å². The molecular weight excluding hydrogens is 256 g/mol. The number of halogens is 1. The number of rotatable bonds is 2. The van der Waals surface area contributed by atoms with Crippen molar-refractivity contribution in [3.05, 3.63) is 34.3 Å². The van der Waals surface area contributed by atoms with E-state index >= 15 is 0 Å². The van der Waals surface area contributed by atoms with Crippen molar-refractivity contribution < 1.29 is 0 Å². The van der Waals surface area contributed by atoms with Crippen LogP contribution in [0.3, 0.4) is 0 Å². The summed E-state index contributed by atoms with van der Waals surface area (Å²) in [5, 5.41) is 12.9. The minimum absolute atomic E-state index is 0.436. The van der Waals surface area contributed by atoms with E-state index in [9.17, 15) is 0 Å². The highest BCUT2D eigenvalue weighted by molar-refractivity contribution is 7.15. The predicted octanol–water partition coefficient (Wildman–Crippen LogP) is 3.07. The SMILES string of the molecule is CCc1ccc(-c2nnc3ccc(Cl)nn23)s1. The molecule has 0 aromatic carbocycles. The molecule has 0 aliphatic heterocycles. The van der Waals surface area contributed by atoms with Gasteiger partial charge in [0.2, 0.25) is 0 Å². The average Bonchev–Trinajstić information content (AvgIpc) is 2.93. The fraction of sp³-hybridized carbons (Fsp3) is 0.182. The van der Waals surface area contributed by atoms with Crippen LogP contribution in [0.15, 0.2) is 24.3 Å². The zero-order chi connectivity index (χ0) is 11.8. The van der Waals surface area contributed by atoms with Crippen molar-refractivity contribution in [3.63, 3.8) is 0 Å². The molecule has 0 saturated carbocycles. The number of fused-ring (bicyclic) bond motifs is 1. The fourth-order valence-electron chi connectivity index (χ4n) is 1.61. The molecule has 6 heteroatoms. The van der Waals surface area contributed by atoms with Gasteiger partial charge in [0.05, 0.1) is 4.88 Å². The number of nitrogens with zero attached hydrogens (tertiary/aromatic N) is 4. The van der Waals surface area contributed by atoms with Crippen LogP contribution in [-0.2, 0) is 6.42 Å². The van der Waals surface area contributed by atoms with Crippen LogP contribution < -0.4 is 0 Å². The Kier molecular flexibility index (Phi) is 2.57. The lowest BCUT2D eigenvalue weighted by Gasteiger charge is -1.95. The van der Waals surface area contributed by atoms with Crippen LogP contribution in [0, 0.1) is 0 Å². The van der Waals surface area contributed by atoms with E-state index in [0.717, 1.165) is 17.1 Å². The second-order valence-electron chi connectivity index (χ2n) is 3.57. The van der Waals surface area contributed by atoms with Crippen LogP contribution in [0.2, 0.25) is 5.15 Å². The third-order valence-corrected chi connectivity index (χ3v) is 3.89.